The first-order valence-corrected chi connectivity index (χ1v) is 21.2. The van der Waals surface area contributed by atoms with Crippen LogP contribution in [0.2, 0.25) is 0 Å². The summed E-state index contributed by atoms with van der Waals surface area (Å²) < 4.78 is 12.3. The molecule has 13 nitrogen and oxygen atoms in total. The van der Waals surface area contributed by atoms with Gasteiger partial charge in [-0.05, 0) is 55.6 Å². The molecule has 3 fully saturated rings. The molecule has 2 aliphatic carbocycles. The molecule has 308 valence electrons. The minimum absolute atomic E-state index is 0.0325. The minimum Gasteiger partial charge on any atom is -0.497 e. The van der Waals surface area contributed by atoms with E-state index in [2.05, 4.69) is 22.5 Å². The van der Waals surface area contributed by atoms with E-state index in [4.69, 9.17) is 19.4 Å². The summed E-state index contributed by atoms with van der Waals surface area (Å²) in [6.07, 6.45) is 9.82. The van der Waals surface area contributed by atoms with Gasteiger partial charge >= 0.3 is 5.97 Å². The van der Waals surface area contributed by atoms with Crippen LogP contribution in [0.1, 0.15) is 98.3 Å². The van der Waals surface area contributed by atoms with E-state index in [1.54, 1.807) is 13.2 Å². The van der Waals surface area contributed by atoms with E-state index in [9.17, 15) is 24.3 Å². The van der Waals surface area contributed by atoms with E-state index >= 15 is 0 Å². The maximum atomic E-state index is 14.7. The normalized spacial score (nSPS) is 20.5. The summed E-state index contributed by atoms with van der Waals surface area (Å²) in [5.74, 6) is -2.10. The van der Waals surface area contributed by atoms with Crippen molar-refractivity contribution in [1.82, 2.24) is 25.5 Å². The van der Waals surface area contributed by atoms with Gasteiger partial charge in [-0.3, -0.25) is 14.4 Å². The quantitative estimate of drug-likeness (QED) is 0.111. The number of pyridine rings is 1. The highest BCUT2D eigenvalue weighted by molar-refractivity contribution is 7.14. The van der Waals surface area contributed by atoms with Crippen LogP contribution >= 0.6 is 11.3 Å². The molecule has 14 heteroatoms. The molecule has 57 heavy (non-hydrogen) atoms. The van der Waals surface area contributed by atoms with E-state index in [1.807, 2.05) is 57.3 Å². The van der Waals surface area contributed by atoms with Gasteiger partial charge in [0.15, 0.2) is 5.13 Å². The number of fused-ring (bicyclic) bond motifs is 1. The van der Waals surface area contributed by atoms with Gasteiger partial charge in [0.05, 0.1) is 30.8 Å². The number of aromatic nitrogens is 2. The number of thiazole rings is 1. The van der Waals surface area contributed by atoms with Crippen LogP contribution in [0, 0.1) is 17.3 Å². The Morgan fingerprint density at radius 3 is 2.39 bits per heavy atom. The molecule has 2 aromatic heterocycles. The Bertz CT molecular complexity index is 1930. The Balaban J connectivity index is 1.31. The Kier molecular flexibility index (Phi) is 13.4. The van der Waals surface area contributed by atoms with Crippen LogP contribution in [0.25, 0.3) is 22.3 Å². The van der Waals surface area contributed by atoms with E-state index < -0.39 is 41.4 Å². The maximum Gasteiger partial charge on any atom is 0.326 e. The molecule has 0 radical (unpaired) electrons. The molecular formula is C43H58N6O7S. The highest BCUT2D eigenvalue weighted by atomic mass is 32.1. The summed E-state index contributed by atoms with van der Waals surface area (Å²) in [5, 5.41) is 22.9. The summed E-state index contributed by atoms with van der Waals surface area (Å²) in [5.41, 5.74) is 1.29. The molecule has 1 aliphatic heterocycles. The number of carbonyl (C=O) groups excluding carboxylic acids is 3. The van der Waals surface area contributed by atoms with Gasteiger partial charge in [-0.1, -0.05) is 59.5 Å². The standard InChI is InChI=1S/C43H58N6O7S/c1-7-25(2)18-34(41(53)54)47-39(51)36-20-29(23-49(36)40(52)31(43(3,4)5)21-38(50)44-26-12-8-9-13-26)56-37-22-33(46-32-19-28(55-6)16-17-30(32)37)35-24-57-42(48-35)45-27-14-10-11-15-27/h7,16-17,19,22,24-27,29,31,34,36H,1,8-15,18,20-21,23H2,2-6H3,(H,44,50)(H,45,48)(H,47,51)(H,53,54)/t25-,29-,31-,34-,36+/m1/s1. The second-order valence-corrected chi connectivity index (χ2v) is 17.9. The summed E-state index contributed by atoms with van der Waals surface area (Å²) in [4.78, 5) is 65.8. The molecule has 1 aromatic carbocycles. The van der Waals surface area contributed by atoms with Crippen LogP contribution in [0.15, 0.2) is 42.3 Å². The molecule has 3 aromatic rings. The number of amides is 3. The number of anilines is 1. The van der Waals surface area contributed by atoms with E-state index in [-0.39, 0.29) is 49.6 Å². The van der Waals surface area contributed by atoms with Gasteiger partial charge in [0.25, 0.3) is 0 Å². The molecule has 3 amide bonds. The zero-order valence-corrected chi connectivity index (χ0v) is 34.7. The van der Waals surface area contributed by atoms with Gasteiger partial charge < -0.3 is 35.4 Å². The number of aliphatic carboxylic acids is 1. The molecule has 5 atom stereocenters. The average Bonchev–Trinajstić information content (AvgIpc) is 4.02. The highest BCUT2D eigenvalue weighted by Crippen LogP contribution is 2.38. The monoisotopic (exact) mass is 802 g/mol. The average molecular weight is 803 g/mol. The fourth-order valence-electron chi connectivity index (χ4n) is 8.25. The third-order valence-corrected chi connectivity index (χ3v) is 12.4. The number of carbonyl (C=O) groups is 4. The van der Waals surface area contributed by atoms with E-state index in [0.717, 1.165) is 43.7 Å². The third-order valence-electron chi connectivity index (χ3n) is 11.6. The first kappa shape index (κ1) is 41.9. The van der Waals surface area contributed by atoms with Gasteiger partial charge in [-0.2, -0.15) is 0 Å². The Morgan fingerprint density at radius 1 is 1.04 bits per heavy atom. The fraction of sp³-hybridized carbons (Fsp3) is 0.581. The van der Waals surface area contributed by atoms with Gasteiger partial charge in [-0.25, -0.2) is 14.8 Å². The number of hydrogen-bond acceptors (Lipinski definition) is 10. The largest absolute Gasteiger partial charge is 0.497 e. The highest BCUT2D eigenvalue weighted by Gasteiger charge is 2.46. The zero-order valence-electron chi connectivity index (χ0n) is 33.8. The second kappa shape index (κ2) is 18.3. The summed E-state index contributed by atoms with van der Waals surface area (Å²) in [6.45, 7) is 11.4. The smallest absolute Gasteiger partial charge is 0.326 e. The molecule has 6 rings (SSSR count). The third kappa shape index (κ3) is 10.4. The first-order chi connectivity index (χ1) is 27.2. The first-order valence-electron chi connectivity index (χ1n) is 20.4. The number of methoxy groups -OCH3 is 1. The molecule has 0 unspecified atom stereocenters. The molecule has 4 N–H and O–H groups in total. The van der Waals surface area contributed by atoms with Crippen LogP contribution in [-0.4, -0.2) is 87.6 Å². The van der Waals surface area contributed by atoms with Crippen LogP contribution in [0.3, 0.4) is 0 Å². The Hall–Kier alpha value is -4.72. The number of likely N-dealkylation sites (tertiary alicyclic amines) is 1. The van der Waals surface area contributed by atoms with Crippen molar-refractivity contribution in [1.29, 1.82) is 0 Å². The van der Waals surface area contributed by atoms with Crippen LogP contribution in [0.4, 0.5) is 5.13 Å². The number of nitrogens with zero attached hydrogens (tertiary/aromatic N) is 3. The predicted molar refractivity (Wildman–Crippen MR) is 221 cm³/mol. The summed E-state index contributed by atoms with van der Waals surface area (Å²) in [7, 11) is 1.59. The molecular weight excluding hydrogens is 745 g/mol. The van der Waals surface area contributed by atoms with Crippen LogP contribution in [0.5, 0.6) is 11.5 Å². The number of hydrogen-bond donors (Lipinski definition) is 4. The Labute approximate surface area is 339 Å². The lowest BCUT2D eigenvalue weighted by atomic mass is 9.77. The summed E-state index contributed by atoms with van der Waals surface area (Å²) >= 11 is 1.53. The van der Waals surface area contributed by atoms with Crippen LogP contribution in [-0.2, 0) is 19.2 Å². The number of allylic oxidation sites excluding steroid dienone is 1. The van der Waals surface area contributed by atoms with Crippen molar-refractivity contribution in [3.63, 3.8) is 0 Å². The SMILES string of the molecule is C=C[C@@H](C)C[C@@H](NC(=O)[C@@H]1C[C@@H](Oc2cc(-c3csc(NC4CCCC4)n3)nc3cc(OC)ccc23)CN1C(=O)[C@@H](CC(=O)NC1CCCC1)C(C)(C)C)C(=O)O. The lowest BCUT2D eigenvalue weighted by molar-refractivity contribution is -0.148. The second-order valence-electron chi connectivity index (χ2n) is 17.1. The van der Waals surface area contributed by atoms with Crippen molar-refractivity contribution in [2.75, 3.05) is 19.0 Å². The fourth-order valence-corrected chi connectivity index (χ4v) is 9.04. The van der Waals surface area contributed by atoms with Crippen molar-refractivity contribution in [2.24, 2.45) is 17.3 Å². The van der Waals surface area contributed by atoms with Crippen molar-refractivity contribution in [3.05, 3.63) is 42.3 Å². The number of carboxylic acid groups (broad SMARTS) is 1. The number of carboxylic acids is 1. The van der Waals surface area contributed by atoms with Crippen LogP contribution < -0.4 is 25.4 Å². The van der Waals surface area contributed by atoms with Crippen molar-refractivity contribution < 1.29 is 33.8 Å². The van der Waals surface area contributed by atoms with E-state index in [0.29, 0.717) is 39.8 Å². The predicted octanol–water partition coefficient (Wildman–Crippen LogP) is 6.96. The number of benzene rings is 1. The van der Waals surface area contributed by atoms with Crippen molar-refractivity contribution in [2.45, 2.75) is 129 Å². The van der Waals surface area contributed by atoms with Gasteiger partial charge in [0.1, 0.15) is 35.4 Å². The van der Waals surface area contributed by atoms with Crippen molar-refractivity contribution >= 4 is 51.1 Å². The number of rotatable bonds is 16. The Morgan fingerprint density at radius 2 is 1.74 bits per heavy atom. The molecule has 1 saturated heterocycles. The summed E-state index contributed by atoms with van der Waals surface area (Å²) in [6, 6.07) is 5.64. The molecule has 3 heterocycles. The molecule has 0 bridgehead atoms. The zero-order chi connectivity index (χ0) is 40.9. The van der Waals surface area contributed by atoms with Gasteiger partial charge in [0.2, 0.25) is 17.7 Å². The number of nitrogens with one attached hydrogen (secondary N) is 3. The minimum atomic E-state index is -1.19. The van der Waals surface area contributed by atoms with E-state index in [1.165, 1.54) is 29.1 Å². The maximum absolute atomic E-state index is 14.7. The lowest BCUT2D eigenvalue weighted by Crippen LogP contribution is -2.53. The molecule has 3 aliphatic rings. The number of ether oxygens (including phenoxy) is 2. The molecule has 0 spiro atoms. The van der Waals surface area contributed by atoms with Crippen molar-refractivity contribution in [3.8, 4) is 22.9 Å². The van der Waals surface area contributed by atoms with Gasteiger partial charge in [-0.15, -0.1) is 17.9 Å². The van der Waals surface area contributed by atoms with Gasteiger partial charge in [0, 0.05) is 47.8 Å². The topological polar surface area (TPSA) is 172 Å². The lowest BCUT2D eigenvalue weighted by Gasteiger charge is -2.35. The molecule has 2 saturated carbocycles.